The van der Waals surface area contributed by atoms with Crippen molar-refractivity contribution < 1.29 is 27.6 Å². The lowest BCUT2D eigenvalue weighted by Crippen LogP contribution is -2.32. The van der Waals surface area contributed by atoms with Crippen molar-refractivity contribution in [2.75, 3.05) is 11.9 Å². The summed E-state index contributed by atoms with van der Waals surface area (Å²) in [6, 6.07) is 15.2. The minimum absolute atomic E-state index is 0.00495. The zero-order valence-corrected chi connectivity index (χ0v) is 15.9. The zero-order valence-electron chi connectivity index (χ0n) is 15.9. The molecule has 1 heterocycles. The van der Waals surface area contributed by atoms with Gasteiger partial charge in [0.15, 0.2) is 0 Å². The van der Waals surface area contributed by atoms with Crippen LogP contribution in [-0.2, 0) is 27.5 Å². The van der Waals surface area contributed by atoms with Crippen LogP contribution in [0.1, 0.15) is 17.5 Å². The second-order valence-electron chi connectivity index (χ2n) is 7.03. The number of likely N-dealkylation sites (tertiary alicyclic amines) is 1. The van der Waals surface area contributed by atoms with E-state index in [0.717, 1.165) is 5.56 Å². The van der Waals surface area contributed by atoms with Gasteiger partial charge in [0, 0.05) is 31.7 Å². The highest BCUT2D eigenvalue weighted by Gasteiger charge is 2.38. The smallest absolute Gasteiger partial charge is 0.352 e. The quantitative estimate of drug-likeness (QED) is 0.756. The Morgan fingerprint density at radius 3 is 2.30 bits per heavy atom. The molecule has 3 rings (SSSR count). The first kappa shape index (κ1) is 21.4. The Morgan fingerprint density at radius 2 is 1.67 bits per heavy atom. The zero-order chi connectivity index (χ0) is 21.7. The number of rotatable bonds is 6. The van der Waals surface area contributed by atoms with Crippen LogP contribution >= 0.6 is 0 Å². The summed E-state index contributed by atoms with van der Waals surface area (Å²) in [6.45, 7) is 0.951. The maximum atomic E-state index is 12.4. The number of carbonyl (C=O) groups is 3. The average molecular weight is 419 g/mol. The third-order valence-electron chi connectivity index (χ3n) is 4.74. The topological polar surface area (TPSA) is 78.5 Å². The molecule has 30 heavy (non-hydrogen) atoms. The highest BCUT2D eigenvalue weighted by molar-refractivity contribution is 5.94. The molecule has 2 aromatic rings. The molecule has 1 atom stereocenters. The van der Waals surface area contributed by atoms with Gasteiger partial charge in [0.1, 0.15) is 0 Å². The van der Waals surface area contributed by atoms with E-state index in [1.807, 2.05) is 30.3 Å². The maximum absolute atomic E-state index is 12.4. The number of benzene rings is 2. The minimum Gasteiger partial charge on any atom is -0.352 e. The summed E-state index contributed by atoms with van der Waals surface area (Å²) in [6.07, 6.45) is -4.82. The van der Waals surface area contributed by atoms with E-state index in [1.54, 1.807) is 10.2 Å². The van der Waals surface area contributed by atoms with Crippen molar-refractivity contribution in [3.63, 3.8) is 0 Å². The molecule has 3 amide bonds. The summed E-state index contributed by atoms with van der Waals surface area (Å²) in [4.78, 5) is 37.2. The van der Waals surface area contributed by atoms with Gasteiger partial charge in [0.2, 0.25) is 11.8 Å². The van der Waals surface area contributed by atoms with Crippen molar-refractivity contribution in [2.24, 2.45) is 5.92 Å². The van der Waals surface area contributed by atoms with Crippen LogP contribution < -0.4 is 10.6 Å². The van der Waals surface area contributed by atoms with E-state index in [0.29, 0.717) is 18.7 Å². The second-order valence-corrected chi connectivity index (χ2v) is 7.03. The molecule has 2 aromatic carbocycles. The number of hydrogen-bond donors (Lipinski definition) is 2. The third-order valence-corrected chi connectivity index (χ3v) is 4.74. The first-order valence-electron chi connectivity index (χ1n) is 9.29. The van der Waals surface area contributed by atoms with Crippen LogP contribution in [0.4, 0.5) is 18.9 Å². The first-order valence-corrected chi connectivity index (χ1v) is 9.29. The summed E-state index contributed by atoms with van der Waals surface area (Å²) >= 11 is 0. The van der Waals surface area contributed by atoms with E-state index < -0.39 is 18.0 Å². The van der Waals surface area contributed by atoms with Gasteiger partial charge in [-0.3, -0.25) is 14.4 Å². The molecule has 0 saturated carbocycles. The molecule has 0 bridgehead atoms. The number of halogens is 3. The largest absolute Gasteiger partial charge is 0.471 e. The van der Waals surface area contributed by atoms with Crippen LogP contribution in [0.3, 0.4) is 0 Å². The lowest BCUT2D eigenvalue weighted by Gasteiger charge is -2.16. The lowest BCUT2D eigenvalue weighted by molar-refractivity contribution is -0.167. The third kappa shape index (κ3) is 5.59. The van der Waals surface area contributed by atoms with Gasteiger partial charge < -0.3 is 15.5 Å². The van der Waals surface area contributed by atoms with E-state index in [1.165, 1.54) is 24.3 Å². The van der Waals surface area contributed by atoms with Crippen LogP contribution in [0, 0.1) is 5.92 Å². The van der Waals surface area contributed by atoms with E-state index in [9.17, 15) is 27.6 Å². The van der Waals surface area contributed by atoms with Gasteiger partial charge in [-0.25, -0.2) is 0 Å². The van der Waals surface area contributed by atoms with E-state index in [4.69, 9.17) is 0 Å². The molecule has 1 saturated heterocycles. The van der Waals surface area contributed by atoms with Crippen LogP contribution in [0.5, 0.6) is 0 Å². The van der Waals surface area contributed by atoms with Gasteiger partial charge in [-0.2, -0.15) is 13.2 Å². The molecule has 0 aromatic heterocycles. The van der Waals surface area contributed by atoms with Gasteiger partial charge in [-0.05, 0) is 23.3 Å². The van der Waals surface area contributed by atoms with Crippen molar-refractivity contribution in [3.05, 3.63) is 65.7 Å². The summed E-state index contributed by atoms with van der Waals surface area (Å²) in [5.74, 6) is -2.84. The number of amides is 3. The Hall–Kier alpha value is -3.36. The molecule has 1 fully saturated rings. The van der Waals surface area contributed by atoms with Crippen molar-refractivity contribution in [1.29, 1.82) is 0 Å². The Balaban J connectivity index is 1.48. The van der Waals surface area contributed by atoms with Gasteiger partial charge >= 0.3 is 12.1 Å². The van der Waals surface area contributed by atoms with Crippen LogP contribution in [0.25, 0.3) is 0 Å². The fourth-order valence-electron chi connectivity index (χ4n) is 3.15. The fraction of sp³-hybridized carbons (Fsp3) is 0.286. The minimum atomic E-state index is -4.96. The molecule has 158 valence electrons. The summed E-state index contributed by atoms with van der Waals surface area (Å²) < 4.78 is 36.8. The molecule has 0 spiro atoms. The van der Waals surface area contributed by atoms with Crippen molar-refractivity contribution in [2.45, 2.75) is 25.7 Å². The Labute approximate surface area is 171 Å². The predicted molar refractivity (Wildman–Crippen MR) is 103 cm³/mol. The van der Waals surface area contributed by atoms with Crippen LogP contribution in [-0.4, -0.2) is 35.3 Å². The Bertz CT molecular complexity index is 915. The number of carbonyl (C=O) groups excluding carboxylic acids is 3. The SMILES string of the molecule is O=C(NCc1ccc(NC(=O)C(F)(F)F)cc1)C1CC(=O)N(Cc2ccccc2)C1. The fourth-order valence-corrected chi connectivity index (χ4v) is 3.15. The molecule has 1 unspecified atom stereocenters. The van der Waals surface area contributed by atoms with E-state index in [-0.39, 0.29) is 30.5 Å². The molecule has 9 heteroatoms. The van der Waals surface area contributed by atoms with Gasteiger partial charge in [-0.15, -0.1) is 0 Å². The van der Waals surface area contributed by atoms with Gasteiger partial charge in [0.05, 0.1) is 5.92 Å². The normalized spacial score (nSPS) is 16.4. The number of alkyl halides is 3. The monoisotopic (exact) mass is 419 g/mol. The molecular weight excluding hydrogens is 399 g/mol. The average Bonchev–Trinajstić information content (AvgIpc) is 3.07. The maximum Gasteiger partial charge on any atom is 0.471 e. The van der Waals surface area contributed by atoms with Crippen molar-refractivity contribution in [1.82, 2.24) is 10.2 Å². The standard InChI is InChI=1S/C21H20F3N3O3/c22-21(23,24)20(30)26-17-8-6-14(7-9-17)11-25-19(29)16-10-18(28)27(13-16)12-15-4-2-1-3-5-15/h1-9,16H,10-13H2,(H,25,29)(H,26,30). The molecule has 2 N–H and O–H groups in total. The van der Waals surface area contributed by atoms with Gasteiger partial charge in [-0.1, -0.05) is 42.5 Å². The number of hydrogen-bond acceptors (Lipinski definition) is 3. The predicted octanol–water partition coefficient (Wildman–Crippen LogP) is 2.85. The van der Waals surface area contributed by atoms with E-state index >= 15 is 0 Å². The summed E-state index contributed by atoms with van der Waals surface area (Å²) in [5, 5.41) is 4.50. The molecule has 1 aliphatic rings. The number of nitrogens with one attached hydrogen (secondary N) is 2. The summed E-state index contributed by atoms with van der Waals surface area (Å²) in [7, 11) is 0. The van der Waals surface area contributed by atoms with E-state index in [2.05, 4.69) is 5.32 Å². The highest BCUT2D eigenvalue weighted by atomic mass is 19.4. The highest BCUT2D eigenvalue weighted by Crippen LogP contribution is 2.21. The molecule has 6 nitrogen and oxygen atoms in total. The molecule has 0 radical (unpaired) electrons. The molecule has 1 aliphatic heterocycles. The number of anilines is 1. The lowest BCUT2D eigenvalue weighted by atomic mass is 10.1. The number of nitrogens with zero attached hydrogens (tertiary/aromatic N) is 1. The Kier molecular flexibility index (Phi) is 6.39. The summed E-state index contributed by atoms with van der Waals surface area (Å²) in [5.41, 5.74) is 1.65. The molecular formula is C21H20F3N3O3. The Morgan fingerprint density at radius 1 is 1.00 bits per heavy atom. The second kappa shape index (κ2) is 8.98. The van der Waals surface area contributed by atoms with Crippen LogP contribution in [0.15, 0.2) is 54.6 Å². The van der Waals surface area contributed by atoms with Crippen LogP contribution in [0.2, 0.25) is 0 Å². The van der Waals surface area contributed by atoms with Crippen molar-refractivity contribution in [3.8, 4) is 0 Å². The van der Waals surface area contributed by atoms with Gasteiger partial charge in [0.25, 0.3) is 0 Å². The molecule has 0 aliphatic carbocycles. The van der Waals surface area contributed by atoms with Crippen molar-refractivity contribution >= 4 is 23.4 Å². The first-order chi connectivity index (χ1) is 14.2.